The summed E-state index contributed by atoms with van der Waals surface area (Å²) in [5.41, 5.74) is 3.03. The largest absolute Gasteiger partial charge is 0.340 e. The van der Waals surface area contributed by atoms with Crippen molar-refractivity contribution in [2.24, 2.45) is 0 Å². The van der Waals surface area contributed by atoms with E-state index >= 15 is 0 Å². The molecule has 0 unspecified atom stereocenters. The number of hydrogen-bond donors (Lipinski definition) is 2. The van der Waals surface area contributed by atoms with Crippen LogP contribution in [0.4, 0.5) is 17.2 Å². The summed E-state index contributed by atoms with van der Waals surface area (Å²) in [5.74, 6) is 0.274. The van der Waals surface area contributed by atoms with Gasteiger partial charge >= 0.3 is 0 Å². The number of nitrogens with zero attached hydrogens (tertiary/aromatic N) is 1. The number of pyridine rings is 1. The molecule has 0 bridgehead atoms. The Hall–Kier alpha value is -3.80. The van der Waals surface area contributed by atoms with E-state index in [1.165, 1.54) is 20.0 Å². The minimum absolute atomic E-state index is 0.0102. The first-order chi connectivity index (χ1) is 13.4. The van der Waals surface area contributed by atoms with E-state index in [1.807, 2.05) is 0 Å². The van der Waals surface area contributed by atoms with E-state index in [0.717, 1.165) is 5.69 Å². The molecule has 0 fully saturated rings. The van der Waals surface area contributed by atoms with Crippen molar-refractivity contribution >= 4 is 34.7 Å². The Morgan fingerprint density at radius 1 is 0.679 bits per heavy atom. The number of carbonyl (C=O) groups excluding carboxylic acids is 3. The van der Waals surface area contributed by atoms with Crippen molar-refractivity contribution in [1.82, 2.24) is 4.98 Å². The maximum atomic E-state index is 12.3. The van der Waals surface area contributed by atoms with Crippen molar-refractivity contribution in [3.05, 3.63) is 83.6 Å². The third kappa shape index (κ3) is 4.67. The van der Waals surface area contributed by atoms with Crippen LogP contribution >= 0.6 is 0 Å². The highest BCUT2D eigenvalue weighted by Crippen LogP contribution is 2.17. The van der Waals surface area contributed by atoms with Crippen molar-refractivity contribution in [3.63, 3.8) is 0 Å². The number of carbonyl (C=O) groups is 3. The van der Waals surface area contributed by atoms with Gasteiger partial charge in [0.25, 0.3) is 5.91 Å². The first-order valence-corrected chi connectivity index (χ1v) is 8.69. The molecule has 0 saturated heterocycles. The van der Waals surface area contributed by atoms with Crippen LogP contribution in [0.15, 0.2) is 66.9 Å². The lowest BCUT2D eigenvalue weighted by Gasteiger charge is -2.08. The van der Waals surface area contributed by atoms with Gasteiger partial charge in [-0.3, -0.25) is 14.4 Å². The van der Waals surface area contributed by atoms with Gasteiger partial charge in [-0.25, -0.2) is 4.98 Å². The van der Waals surface area contributed by atoms with Gasteiger partial charge in [0.15, 0.2) is 11.6 Å². The van der Waals surface area contributed by atoms with E-state index in [0.29, 0.717) is 28.2 Å². The number of rotatable bonds is 6. The zero-order valence-electron chi connectivity index (χ0n) is 15.5. The highest BCUT2D eigenvalue weighted by molar-refractivity contribution is 6.04. The standard InChI is InChI=1S/C22H19N3O3/c1-14(26)16-3-8-19(9-4-16)24-21-12-7-18(13-23-21)22(28)25-20-10-5-17(6-11-20)15(2)27/h3-13H,1-2H3,(H,23,24)(H,25,28). The summed E-state index contributed by atoms with van der Waals surface area (Å²) < 4.78 is 0. The van der Waals surface area contributed by atoms with E-state index in [9.17, 15) is 14.4 Å². The number of nitrogens with one attached hydrogen (secondary N) is 2. The van der Waals surface area contributed by atoms with E-state index in [4.69, 9.17) is 0 Å². The fourth-order valence-corrected chi connectivity index (χ4v) is 2.53. The van der Waals surface area contributed by atoms with Gasteiger partial charge in [-0.1, -0.05) is 0 Å². The Morgan fingerprint density at radius 2 is 1.18 bits per heavy atom. The summed E-state index contributed by atoms with van der Waals surface area (Å²) in [4.78, 5) is 39.2. The highest BCUT2D eigenvalue weighted by Gasteiger charge is 2.08. The third-order valence-corrected chi connectivity index (χ3v) is 4.14. The van der Waals surface area contributed by atoms with Crippen LogP contribution in [0.5, 0.6) is 0 Å². The Bertz CT molecular complexity index is 1010. The molecular weight excluding hydrogens is 354 g/mol. The molecule has 3 aromatic rings. The zero-order chi connectivity index (χ0) is 20.1. The maximum Gasteiger partial charge on any atom is 0.257 e. The fraction of sp³-hybridized carbons (Fsp3) is 0.0909. The minimum Gasteiger partial charge on any atom is -0.340 e. The summed E-state index contributed by atoms with van der Waals surface area (Å²) >= 11 is 0. The van der Waals surface area contributed by atoms with Crippen LogP contribution in [-0.4, -0.2) is 22.5 Å². The highest BCUT2D eigenvalue weighted by atomic mass is 16.1. The lowest BCUT2D eigenvalue weighted by atomic mass is 10.1. The molecule has 0 aliphatic heterocycles. The van der Waals surface area contributed by atoms with Crippen LogP contribution in [0, 0.1) is 0 Å². The predicted molar refractivity (Wildman–Crippen MR) is 108 cm³/mol. The number of aromatic nitrogens is 1. The molecule has 6 nitrogen and oxygen atoms in total. The lowest BCUT2D eigenvalue weighted by molar-refractivity contribution is 0.100. The number of benzene rings is 2. The Balaban J connectivity index is 1.63. The van der Waals surface area contributed by atoms with E-state index in [2.05, 4.69) is 15.6 Å². The molecule has 0 saturated carbocycles. The fourth-order valence-electron chi connectivity index (χ4n) is 2.53. The molecule has 0 atom stereocenters. The summed E-state index contributed by atoms with van der Waals surface area (Å²) in [5, 5.41) is 5.88. The van der Waals surface area contributed by atoms with Gasteiger partial charge < -0.3 is 10.6 Å². The Kier molecular flexibility index (Phi) is 5.60. The predicted octanol–water partition coefficient (Wildman–Crippen LogP) is 4.48. The van der Waals surface area contributed by atoms with Gasteiger partial charge in [0.1, 0.15) is 5.82 Å². The van der Waals surface area contributed by atoms with Crippen molar-refractivity contribution in [3.8, 4) is 0 Å². The van der Waals surface area contributed by atoms with Crippen LogP contribution in [0.1, 0.15) is 44.9 Å². The smallest absolute Gasteiger partial charge is 0.257 e. The number of amides is 1. The van der Waals surface area contributed by atoms with E-state index < -0.39 is 0 Å². The van der Waals surface area contributed by atoms with Crippen LogP contribution < -0.4 is 10.6 Å². The Labute approximate surface area is 162 Å². The molecule has 1 aromatic heterocycles. The van der Waals surface area contributed by atoms with E-state index in [-0.39, 0.29) is 17.5 Å². The molecule has 0 radical (unpaired) electrons. The van der Waals surface area contributed by atoms with Crippen molar-refractivity contribution in [2.45, 2.75) is 13.8 Å². The quantitative estimate of drug-likeness (QED) is 0.622. The molecular formula is C22H19N3O3. The minimum atomic E-state index is -0.291. The number of anilines is 3. The van der Waals surface area contributed by atoms with Crippen molar-refractivity contribution in [2.75, 3.05) is 10.6 Å². The molecule has 1 amide bonds. The van der Waals surface area contributed by atoms with Gasteiger partial charge in [-0.2, -0.15) is 0 Å². The van der Waals surface area contributed by atoms with Gasteiger partial charge in [0.05, 0.1) is 5.56 Å². The summed E-state index contributed by atoms with van der Waals surface area (Å²) in [6.45, 7) is 3.01. The zero-order valence-corrected chi connectivity index (χ0v) is 15.5. The second kappa shape index (κ2) is 8.26. The first kappa shape index (κ1) is 19.0. The number of Topliss-reactive ketones (excluding diaryl/α,β-unsaturated/α-hetero) is 2. The van der Waals surface area contributed by atoms with Crippen LogP contribution in [0.3, 0.4) is 0 Å². The van der Waals surface area contributed by atoms with Gasteiger partial charge in [0, 0.05) is 28.7 Å². The van der Waals surface area contributed by atoms with Crippen LogP contribution in [0.2, 0.25) is 0 Å². The molecule has 2 aromatic carbocycles. The second-order valence-corrected chi connectivity index (χ2v) is 6.28. The molecule has 0 aliphatic rings. The SMILES string of the molecule is CC(=O)c1ccc(NC(=O)c2ccc(Nc3ccc(C(C)=O)cc3)nc2)cc1. The summed E-state index contributed by atoms with van der Waals surface area (Å²) in [6, 6.07) is 17.1. The second-order valence-electron chi connectivity index (χ2n) is 6.28. The maximum absolute atomic E-state index is 12.3. The summed E-state index contributed by atoms with van der Waals surface area (Å²) in [6.07, 6.45) is 1.48. The van der Waals surface area contributed by atoms with E-state index in [1.54, 1.807) is 60.7 Å². The lowest BCUT2D eigenvalue weighted by Crippen LogP contribution is -2.12. The number of ketones is 2. The molecule has 0 spiro atoms. The number of hydrogen-bond acceptors (Lipinski definition) is 5. The average molecular weight is 373 g/mol. The van der Waals surface area contributed by atoms with Crippen LogP contribution in [-0.2, 0) is 0 Å². The molecule has 140 valence electrons. The normalized spacial score (nSPS) is 10.2. The van der Waals surface area contributed by atoms with Gasteiger partial charge in [-0.05, 0) is 74.5 Å². The first-order valence-electron chi connectivity index (χ1n) is 8.69. The molecule has 3 rings (SSSR count). The topological polar surface area (TPSA) is 88.2 Å². The average Bonchev–Trinajstić information content (AvgIpc) is 2.69. The summed E-state index contributed by atoms with van der Waals surface area (Å²) in [7, 11) is 0. The van der Waals surface area contributed by atoms with Crippen molar-refractivity contribution < 1.29 is 14.4 Å². The third-order valence-electron chi connectivity index (χ3n) is 4.14. The molecule has 6 heteroatoms. The van der Waals surface area contributed by atoms with Gasteiger partial charge in [-0.15, -0.1) is 0 Å². The van der Waals surface area contributed by atoms with Crippen LogP contribution in [0.25, 0.3) is 0 Å². The Morgan fingerprint density at radius 3 is 1.64 bits per heavy atom. The van der Waals surface area contributed by atoms with Crippen molar-refractivity contribution in [1.29, 1.82) is 0 Å². The molecule has 2 N–H and O–H groups in total. The molecule has 1 heterocycles. The molecule has 28 heavy (non-hydrogen) atoms. The monoisotopic (exact) mass is 373 g/mol. The molecule has 0 aliphatic carbocycles. The van der Waals surface area contributed by atoms with Gasteiger partial charge in [0.2, 0.25) is 0 Å².